The molecule has 0 spiro atoms. The van der Waals surface area contributed by atoms with Crippen molar-refractivity contribution in [3.05, 3.63) is 28.5 Å². The Bertz CT molecular complexity index is 659. The molecule has 8 heteroatoms. The van der Waals surface area contributed by atoms with Gasteiger partial charge in [0.25, 0.3) is 15.0 Å². The molecule has 0 saturated heterocycles. The molecule has 0 unspecified atom stereocenters. The van der Waals surface area contributed by atoms with E-state index in [1.165, 1.54) is 4.90 Å². The molecule has 1 aliphatic rings. The van der Waals surface area contributed by atoms with Crippen LogP contribution >= 0.6 is 22.3 Å². The van der Waals surface area contributed by atoms with E-state index in [9.17, 15) is 17.6 Å². The Hall–Kier alpha value is -0.850. The molecule has 110 valence electrons. The zero-order chi connectivity index (χ0) is 15.1. The molecule has 4 nitrogen and oxygen atoms in total. The van der Waals surface area contributed by atoms with Crippen LogP contribution in [0.25, 0.3) is 0 Å². The minimum atomic E-state index is -4.14. The summed E-state index contributed by atoms with van der Waals surface area (Å²) in [7, 11) is 2.64. The summed E-state index contributed by atoms with van der Waals surface area (Å²) < 4.78 is 36.5. The largest absolute Gasteiger partial charge is 0.339 e. The van der Waals surface area contributed by atoms with Crippen molar-refractivity contribution in [2.24, 2.45) is 0 Å². The van der Waals surface area contributed by atoms with Crippen molar-refractivity contribution < 1.29 is 17.6 Å². The number of rotatable bonds is 3. The molecule has 0 N–H and O–H groups in total. The van der Waals surface area contributed by atoms with E-state index in [0.29, 0.717) is 0 Å². The van der Waals surface area contributed by atoms with Gasteiger partial charge in [-0.1, -0.05) is 11.6 Å². The lowest BCUT2D eigenvalue weighted by molar-refractivity contribution is 0.0647. The molecule has 1 aromatic carbocycles. The van der Waals surface area contributed by atoms with Crippen LogP contribution in [0.1, 0.15) is 29.6 Å². The molecular weight excluding hydrogens is 328 g/mol. The van der Waals surface area contributed by atoms with Crippen molar-refractivity contribution in [2.45, 2.75) is 30.2 Å². The van der Waals surface area contributed by atoms with Crippen molar-refractivity contribution >= 4 is 37.2 Å². The van der Waals surface area contributed by atoms with Crippen LogP contribution < -0.4 is 0 Å². The predicted octanol–water partition coefficient (Wildman–Crippen LogP) is 3.03. The van der Waals surface area contributed by atoms with Gasteiger partial charge in [-0.15, -0.1) is 0 Å². The Morgan fingerprint density at radius 3 is 2.45 bits per heavy atom. The second-order valence-corrected chi connectivity index (χ2v) is 7.64. The standard InChI is InChI=1S/C12H12Cl2FNO3S/c1-16(7-3-2-4-7)12(17)8-5-11(20(14,18)19)9(13)6-10(8)15/h5-7H,2-4H2,1H3. The Morgan fingerprint density at radius 2 is 2.00 bits per heavy atom. The zero-order valence-electron chi connectivity index (χ0n) is 10.6. The van der Waals surface area contributed by atoms with Gasteiger partial charge in [-0.3, -0.25) is 4.79 Å². The Morgan fingerprint density at radius 1 is 1.40 bits per heavy atom. The van der Waals surface area contributed by atoms with Crippen molar-refractivity contribution in [3.8, 4) is 0 Å². The van der Waals surface area contributed by atoms with Crippen LogP contribution in [0.2, 0.25) is 5.02 Å². The summed E-state index contributed by atoms with van der Waals surface area (Å²) in [5.74, 6) is -1.44. The summed E-state index contributed by atoms with van der Waals surface area (Å²) in [6.45, 7) is 0. The molecule has 20 heavy (non-hydrogen) atoms. The highest BCUT2D eigenvalue weighted by Crippen LogP contribution is 2.30. The third-order valence-electron chi connectivity index (χ3n) is 3.46. The van der Waals surface area contributed by atoms with E-state index in [0.717, 1.165) is 31.4 Å². The number of hydrogen-bond donors (Lipinski definition) is 0. The molecule has 1 aliphatic carbocycles. The summed E-state index contributed by atoms with van der Waals surface area (Å²) in [6.07, 6.45) is 2.74. The van der Waals surface area contributed by atoms with Gasteiger partial charge in [0.1, 0.15) is 10.7 Å². The first-order valence-corrected chi connectivity index (χ1v) is 8.61. The highest BCUT2D eigenvalue weighted by atomic mass is 35.7. The number of hydrogen-bond acceptors (Lipinski definition) is 3. The van der Waals surface area contributed by atoms with Gasteiger partial charge in [-0.2, -0.15) is 0 Å². The number of carbonyl (C=O) groups excluding carboxylic acids is 1. The number of halogens is 3. The highest BCUT2D eigenvalue weighted by molar-refractivity contribution is 8.13. The van der Waals surface area contributed by atoms with Gasteiger partial charge in [0.05, 0.1) is 10.6 Å². The molecule has 0 heterocycles. The lowest BCUT2D eigenvalue weighted by atomic mass is 9.91. The quantitative estimate of drug-likeness (QED) is 0.795. The number of carbonyl (C=O) groups is 1. The van der Waals surface area contributed by atoms with Crippen LogP contribution in [0.4, 0.5) is 4.39 Å². The molecule has 0 radical (unpaired) electrons. The lowest BCUT2D eigenvalue weighted by Crippen LogP contribution is -2.41. The summed E-state index contributed by atoms with van der Waals surface area (Å²) >= 11 is 5.64. The number of benzene rings is 1. The first-order chi connectivity index (χ1) is 9.21. The summed E-state index contributed by atoms with van der Waals surface area (Å²) in [4.78, 5) is 13.1. The maximum atomic E-state index is 13.8. The SMILES string of the molecule is CN(C(=O)c1cc(S(=O)(=O)Cl)c(Cl)cc1F)C1CCC1. The van der Waals surface area contributed by atoms with Gasteiger partial charge in [-0.05, 0) is 31.4 Å². The predicted molar refractivity (Wildman–Crippen MR) is 74.2 cm³/mol. The van der Waals surface area contributed by atoms with Crippen LogP contribution in [-0.4, -0.2) is 32.3 Å². The van der Waals surface area contributed by atoms with Crippen LogP contribution in [0, 0.1) is 5.82 Å². The van der Waals surface area contributed by atoms with Gasteiger partial charge in [0.2, 0.25) is 0 Å². The fourth-order valence-electron chi connectivity index (χ4n) is 2.01. The van der Waals surface area contributed by atoms with E-state index in [-0.39, 0.29) is 16.6 Å². The molecule has 1 fully saturated rings. The van der Waals surface area contributed by atoms with Crippen LogP contribution in [-0.2, 0) is 9.05 Å². The average Bonchev–Trinajstić information content (AvgIpc) is 2.23. The Balaban J connectivity index is 2.43. The molecular formula is C12H12Cl2FNO3S. The van der Waals surface area contributed by atoms with Crippen LogP contribution in [0.3, 0.4) is 0 Å². The summed E-state index contributed by atoms with van der Waals surface area (Å²) in [5.41, 5.74) is -0.344. The Kier molecular flexibility index (Phi) is 4.27. The maximum absolute atomic E-state index is 13.8. The molecule has 1 saturated carbocycles. The molecule has 1 amide bonds. The molecule has 1 aromatic rings. The molecule has 2 rings (SSSR count). The topological polar surface area (TPSA) is 54.5 Å². The number of amides is 1. The van der Waals surface area contributed by atoms with E-state index < -0.39 is 25.7 Å². The molecule has 0 aliphatic heterocycles. The van der Waals surface area contributed by atoms with E-state index in [4.69, 9.17) is 22.3 Å². The number of nitrogens with zero attached hydrogens (tertiary/aromatic N) is 1. The zero-order valence-corrected chi connectivity index (χ0v) is 12.9. The van der Waals surface area contributed by atoms with Gasteiger partial charge in [-0.25, -0.2) is 12.8 Å². The second kappa shape index (κ2) is 5.50. The lowest BCUT2D eigenvalue weighted by Gasteiger charge is -2.34. The minimum absolute atomic E-state index is 0.0636. The first-order valence-electron chi connectivity index (χ1n) is 5.92. The first kappa shape index (κ1) is 15.5. The fourth-order valence-corrected chi connectivity index (χ4v) is 3.52. The van der Waals surface area contributed by atoms with E-state index in [2.05, 4.69) is 0 Å². The third kappa shape index (κ3) is 2.92. The molecule has 0 atom stereocenters. The van der Waals surface area contributed by atoms with E-state index >= 15 is 0 Å². The van der Waals surface area contributed by atoms with Gasteiger partial charge < -0.3 is 4.90 Å². The minimum Gasteiger partial charge on any atom is -0.339 e. The molecule has 0 aromatic heterocycles. The van der Waals surface area contributed by atoms with E-state index in [1.807, 2.05) is 0 Å². The van der Waals surface area contributed by atoms with Crippen molar-refractivity contribution in [2.75, 3.05) is 7.05 Å². The third-order valence-corrected chi connectivity index (χ3v) is 5.24. The van der Waals surface area contributed by atoms with Gasteiger partial charge in [0, 0.05) is 23.8 Å². The average molecular weight is 340 g/mol. The highest BCUT2D eigenvalue weighted by Gasteiger charge is 2.29. The van der Waals surface area contributed by atoms with Crippen molar-refractivity contribution in [1.29, 1.82) is 0 Å². The molecule has 0 bridgehead atoms. The summed E-state index contributed by atoms with van der Waals surface area (Å²) in [5, 5.41) is -0.347. The smallest absolute Gasteiger partial charge is 0.262 e. The monoisotopic (exact) mass is 339 g/mol. The second-order valence-electron chi connectivity index (χ2n) is 4.70. The Labute approximate surface area is 125 Å². The van der Waals surface area contributed by atoms with Gasteiger partial charge >= 0.3 is 0 Å². The van der Waals surface area contributed by atoms with Crippen LogP contribution in [0.5, 0.6) is 0 Å². The van der Waals surface area contributed by atoms with Crippen molar-refractivity contribution in [1.82, 2.24) is 4.90 Å². The van der Waals surface area contributed by atoms with E-state index in [1.54, 1.807) is 7.05 Å². The maximum Gasteiger partial charge on any atom is 0.262 e. The normalized spacial score (nSPS) is 15.8. The fraction of sp³-hybridized carbons (Fsp3) is 0.417. The van der Waals surface area contributed by atoms with Crippen LogP contribution in [0.15, 0.2) is 17.0 Å². The van der Waals surface area contributed by atoms with Gasteiger partial charge in [0.15, 0.2) is 0 Å². The van der Waals surface area contributed by atoms with Crippen molar-refractivity contribution in [3.63, 3.8) is 0 Å². The summed E-state index contributed by atoms with van der Waals surface area (Å²) in [6, 6.07) is 1.74.